The van der Waals surface area contributed by atoms with Gasteiger partial charge in [0, 0.05) is 11.1 Å². The van der Waals surface area contributed by atoms with Crippen molar-refractivity contribution < 1.29 is 13.2 Å². The maximum absolute atomic E-state index is 13.2. The SMILES string of the molecule is Cc1ccccc1-c1nnc(SCc2ncc(-c3ccc(F)cc3)o2)n1Cc1ccco1. The molecule has 5 rings (SSSR count). The zero-order valence-corrected chi connectivity index (χ0v) is 18.1. The van der Waals surface area contributed by atoms with Crippen molar-refractivity contribution in [3.05, 3.63) is 96.2 Å². The summed E-state index contributed by atoms with van der Waals surface area (Å²) < 4.78 is 26.6. The van der Waals surface area contributed by atoms with Crippen molar-refractivity contribution in [3.63, 3.8) is 0 Å². The van der Waals surface area contributed by atoms with Crippen molar-refractivity contribution in [2.24, 2.45) is 0 Å². The summed E-state index contributed by atoms with van der Waals surface area (Å²) in [7, 11) is 0. The summed E-state index contributed by atoms with van der Waals surface area (Å²) in [6.07, 6.45) is 3.30. The topological polar surface area (TPSA) is 69.9 Å². The van der Waals surface area contributed by atoms with E-state index in [4.69, 9.17) is 8.83 Å². The molecule has 8 heteroatoms. The van der Waals surface area contributed by atoms with Gasteiger partial charge in [-0.25, -0.2) is 9.37 Å². The molecule has 0 N–H and O–H groups in total. The van der Waals surface area contributed by atoms with Gasteiger partial charge in [0.2, 0.25) is 5.89 Å². The predicted molar refractivity (Wildman–Crippen MR) is 119 cm³/mol. The smallest absolute Gasteiger partial charge is 0.205 e. The highest BCUT2D eigenvalue weighted by atomic mass is 32.2. The molecule has 160 valence electrons. The first-order chi connectivity index (χ1) is 15.7. The Bertz CT molecular complexity index is 1330. The number of furan rings is 1. The van der Waals surface area contributed by atoms with Crippen LogP contribution in [0.5, 0.6) is 0 Å². The van der Waals surface area contributed by atoms with Crippen LogP contribution in [-0.2, 0) is 12.3 Å². The van der Waals surface area contributed by atoms with Gasteiger partial charge < -0.3 is 8.83 Å². The van der Waals surface area contributed by atoms with Gasteiger partial charge in [-0.2, -0.15) is 0 Å². The lowest BCUT2D eigenvalue weighted by Gasteiger charge is -2.10. The van der Waals surface area contributed by atoms with Gasteiger partial charge in [0.05, 0.1) is 24.8 Å². The summed E-state index contributed by atoms with van der Waals surface area (Å²) in [6, 6.07) is 18.0. The molecule has 3 heterocycles. The number of benzene rings is 2. The third-order valence-electron chi connectivity index (χ3n) is 5.00. The highest BCUT2D eigenvalue weighted by molar-refractivity contribution is 7.98. The molecule has 0 spiro atoms. The van der Waals surface area contributed by atoms with E-state index in [1.165, 1.54) is 23.9 Å². The average molecular weight is 447 g/mol. The van der Waals surface area contributed by atoms with Gasteiger partial charge in [-0.1, -0.05) is 36.0 Å². The van der Waals surface area contributed by atoms with Gasteiger partial charge in [0.25, 0.3) is 0 Å². The molecule has 0 aliphatic rings. The lowest BCUT2D eigenvalue weighted by atomic mass is 10.1. The summed E-state index contributed by atoms with van der Waals surface area (Å²) in [6.45, 7) is 2.57. The second-order valence-electron chi connectivity index (χ2n) is 7.20. The first-order valence-corrected chi connectivity index (χ1v) is 11.0. The number of aryl methyl sites for hydroxylation is 1. The average Bonchev–Trinajstić information content (AvgIpc) is 3.56. The molecular weight excluding hydrogens is 427 g/mol. The Hall–Kier alpha value is -3.65. The Balaban J connectivity index is 1.40. The summed E-state index contributed by atoms with van der Waals surface area (Å²) in [4.78, 5) is 4.36. The van der Waals surface area contributed by atoms with Crippen LogP contribution >= 0.6 is 11.8 Å². The predicted octanol–water partition coefficient (Wildman–Crippen LogP) is 5.98. The number of hydrogen-bond acceptors (Lipinski definition) is 6. The van der Waals surface area contributed by atoms with E-state index in [0.717, 1.165) is 33.4 Å². The molecule has 0 saturated carbocycles. The number of thioether (sulfide) groups is 1. The van der Waals surface area contributed by atoms with E-state index >= 15 is 0 Å². The molecule has 0 unspecified atom stereocenters. The van der Waals surface area contributed by atoms with E-state index in [0.29, 0.717) is 23.9 Å². The quantitative estimate of drug-likeness (QED) is 0.286. The van der Waals surface area contributed by atoms with Gasteiger partial charge in [-0.05, 0) is 48.9 Å². The van der Waals surface area contributed by atoms with Gasteiger partial charge in [-0.15, -0.1) is 10.2 Å². The fourth-order valence-corrected chi connectivity index (χ4v) is 4.16. The van der Waals surface area contributed by atoms with Gasteiger partial charge in [0.1, 0.15) is 11.6 Å². The number of hydrogen-bond donors (Lipinski definition) is 0. The first kappa shape index (κ1) is 20.3. The molecular formula is C24H19FN4O2S. The van der Waals surface area contributed by atoms with Gasteiger partial charge in [0.15, 0.2) is 16.7 Å². The molecule has 0 bridgehead atoms. The number of rotatable bonds is 7. The molecule has 0 radical (unpaired) electrons. The third-order valence-corrected chi connectivity index (χ3v) is 5.96. The van der Waals surface area contributed by atoms with E-state index in [2.05, 4.69) is 28.2 Å². The fraction of sp³-hybridized carbons (Fsp3) is 0.125. The van der Waals surface area contributed by atoms with Crippen LogP contribution in [0.2, 0.25) is 0 Å². The zero-order valence-electron chi connectivity index (χ0n) is 17.2. The fourth-order valence-electron chi connectivity index (χ4n) is 3.37. The van der Waals surface area contributed by atoms with Crippen LogP contribution in [0.15, 0.2) is 87.1 Å². The Morgan fingerprint density at radius 3 is 2.62 bits per heavy atom. The molecule has 2 aromatic carbocycles. The maximum atomic E-state index is 13.2. The minimum Gasteiger partial charge on any atom is -0.467 e. The molecule has 32 heavy (non-hydrogen) atoms. The van der Waals surface area contributed by atoms with Crippen molar-refractivity contribution in [3.8, 4) is 22.7 Å². The number of aromatic nitrogens is 4. The van der Waals surface area contributed by atoms with Gasteiger partial charge in [-0.3, -0.25) is 4.57 Å². The molecule has 5 aromatic rings. The molecule has 6 nitrogen and oxygen atoms in total. The standard InChI is InChI=1S/C24H19FN4O2S/c1-16-5-2-3-7-20(16)23-27-28-24(29(23)14-19-6-4-12-30-19)32-15-22-26-13-21(31-22)17-8-10-18(25)11-9-17/h2-13H,14-15H2,1H3. The van der Waals surface area contributed by atoms with E-state index in [1.807, 2.05) is 34.9 Å². The zero-order chi connectivity index (χ0) is 21.9. The van der Waals surface area contributed by atoms with Crippen molar-refractivity contribution in [1.82, 2.24) is 19.7 Å². The maximum Gasteiger partial charge on any atom is 0.205 e. The molecule has 0 aliphatic carbocycles. The van der Waals surface area contributed by atoms with E-state index < -0.39 is 0 Å². The molecule has 3 aromatic heterocycles. The lowest BCUT2D eigenvalue weighted by molar-refractivity contribution is 0.485. The minimum atomic E-state index is -0.288. The van der Waals surface area contributed by atoms with Crippen LogP contribution in [-0.4, -0.2) is 19.7 Å². The van der Waals surface area contributed by atoms with Crippen molar-refractivity contribution in [2.45, 2.75) is 24.4 Å². The molecule has 0 atom stereocenters. The summed E-state index contributed by atoms with van der Waals surface area (Å²) in [5.41, 5.74) is 2.92. The van der Waals surface area contributed by atoms with Crippen LogP contribution in [0.25, 0.3) is 22.7 Å². The van der Waals surface area contributed by atoms with Crippen molar-refractivity contribution in [2.75, 3.05) is 0 Å². The van der Waals surface area contributed by atoms with E-state index in [-0.39, 0.29) is 5.82 Å². The Morgan fingerprint density at radius 1 is 1.00 bits per heavy atom. The van der Waals surface area contributed by atoms with E-state index in [9.17, 15) is 4.39 Å². The molecule has 0 aliphatic heterocycles. The first-order valence-electron chi connectivity index (χ1n) is 10.0. The third kappa shape index (κ3) is 4.22. The molecule has 0 fully saturated rings. The highest BCUT2D eigenvalue weighted by Gasteiger charge is 2.18. The van der Waals surface area contributed by atoms with Crippen LogP contribution < -0.4 is 0 Å². The highest BCUT2D eigenvalue weighted by Crippen LogP contribution is 2.30. The van der Waals surface area contributed by atoms with Gasteiger partial charge >= 0.3 is 0 Å². The van der Waals surface area contributed by atoms with Crippen LogP contribution in [0, 0.1) is 12.7 Å². The number of nitrogens with zero attached hydrogens (tertiary/aromatic N) is 4. The van der Waals surface area contributed by atoms with Crippen LogP contribution in [0.1, 0.15) is 17.2 Å². The van der Waals surface area contributed by atoms with Crippen molar-refractivity contribution in [1.29, 1.82) is 0 Å². The second kappa shape index (κ2) is 8.84. The Kier molecular flexibility index (Phi) is 5.60. The summed E-state index contributed by atoms with van der Waals surface area (Å²) in [5.74, 6) is 2.94. The molecule has 0 amide bonds. The number of halogens is 1. The number of oxazole rings is 1. The largest absolute Gasteiger partial charge is 0.467 e. The second-order valence-corrected chi connectivity index (χ2v) is 8.14. The monoisotopic (exact) mass is 446 g/mol. The minimum absolute atomic E-state index is 0.288. The lowest BCUT2D eigenvalue weighted by Crippen LogP contribution is -2.04. The normalized spacial score (nSPS) is 11.2. The summed E-state index contributed by atoms with van der Waals surface area (Å²) >= 11 is 1.49. The Morgan fingerprint density at radius 2 is 1.84 bits per heavy atom. The van der Waals surface area contributed by atoms with Crippen molar-refractivity contribution >= 4 is 11.8 Å². The summed E-state index contributed by atoms with van der Waals surface area (Å²) in [5, 5.41) is 9.63. The molecule has 0 saturated heterocycles. The van der Waals surface area contributed by atoms with E-state index in [1.54, 1.807) is 24.6 Å². The van der Waals surface area contributed by atoms with Crippen LogP contribution in [0.3, 0.4) is 0 Å². The van der Waals surface area contributed by atoms with Crippen LogP contribution in [0.4, 0.5) is 4.39 Å². The Labute approximate surface area is 188 Å².